The normalized spacial score (nSPS) is 10.4. The highest BCUT2D eigenvalue weighted by molar-refractivity contribution is 6.33. The number of aromatic nitrogens is 1. The number of pyridine rings is 1. The van der Waals surface area contributed by atoms with Crippen molar-refractivity contribution in [3.63, 3.8) is 0 Å². The summed E-state index contributed by atoms with van der Waals surface area (Å²) in [4.78, 5) is 30.1. The molecule has 2 aromatic carbocycles. The van der Waals surface area contributed by atoms with Crippen molar-refractivity contribution in [2.45, 2.75) is 6.92 Å². The molecular formula is C21H16Cl2N2O3. The van der Waals surface area contributed by atoms with Gasteiger partial charge in [0.05, 0.1) is 5.56 Å². The van der Waals surface area contributed by atoms with Crippen LogP contribution in [0.15, 0.2) is 60.7 Å². The number of halogens is 2. The van der Waals surface area contributed by atoms with Crippen LogP contribution < -0.4 is 9.64 Å². The van der Waals surface area contributed by atoms with Crippen molar-refractivity contribution < 1.29 is 14.3 Å². The van der Waals surface area contributed by atoms with Crippen LogP contribution in [-0.2, 0) is 0 Å². The lowest BCUT2D eigenvalue weighted by Gasteiger charge is -2.18. The van der Waals surface area contributed by atoms with Crippen LogP contribution in [0.3, 0.4) is 0 Å². The maximum Gasteiger partial charge on any atom is 0.343 e. The van der Waals surface area contributed by atoms with Crippen LogP contribution in [0.25, 0.3) is 0 Å². The summed E-state index contributed by atoms with van der Waals surface area (Å²) in [6.45, 7) is 1.96. The number of hydrogen-bond acceptors (Lipinski definition) is 4. The van der Waals surface area contributed by atoms with Crippen molar-refractivity contribution in [3.05, 3.63) is 87.7 Å². The third kappa shape index (κ3) is 4.68. The van der Waals surface area contributed by atoms with Crippen molar-refractivity contribution >= 4 is 40.8 Å². The average molecular weight is 415 g/mol. The molecule has 3 rings (SSSR count). The number of aryl methyl sites for hydroxylation is 1. The molecule has 3 aromatic rings. The lowest BCUT2D eigenvalue weighted by molar-refractivity contribution is 0.0734. The van der Waals surface area contributed by atoms with Gasteiger partial charge in [-0.05, 0) is 55.5 Å². The Balaban J connectivity index is 1.71. The standard InChI is InChI=1S/C21H16Cl2N2O3/c1-13-3-5-14(6-4-13)20(26)25(2)16-7-9-17(10-8-16)28-21(27)15-11-18(22)24-19(23)12-15/h3-12H,1-2H3. The predicted molar refractivity (Wildman–Crippen MR) is 110 cm³/mol. The summed E-state index contributed by atoms with van der Waals surface area (Å²) < 4.78 is 5.32. The molecule has 0 saturated heterocycles. The summed E-state index contributed by atoms with van der Waals surface area (Å²) >= 11 is 11.6. The van der Waals surface area contributed by atoms with Gasteiger partial charge < -0.3 is 9.64 Å². The van der Waals surface area contributed by atoms with E-state index in [1.54, 1.807) is 43.4 Å². The summed E-state index contributed by atoms with van der Waals surface area (Å²) in [7, 11) is 1.68. The van der Waals surface area contributed by atoms with Gasteiger partial charge in [0.1, 0.15) is 16.1 Å². The molecule has 0 saturated carbocycles. The molecule has 0 radical (unpaired) electrons. The Morgan fingerprint density at radius 3 is 2.04 bits per heavy atom. The smallest absolute Gasteiger partial charge is 0.343 e. The number of rotatable bonds is 4. The van der Waals surface area contributed by atoms with Crippen molar-refractivity contribution in [1.82, 2.24) is 4.98 Å². The summed E-state index contributed by atoms with van der Waals surface area (Å²) in [6, 6.07) is 16.7. The molecule has 1 aromatic heterocycles. The number of anilines is 1. The van der Waals surface area contributed by atoms with Gasteiger partial charge >= 0.3 is 5.97 Å². The molecule has 5 nitrogen and oxygen atoms in total. The fraction of sp³-hybridized carbons (Fsp3) is 0.0952. The average Bonchev–Trinajstić information content (AvgIpc) is 2.67. The van der Waals surface area contributed by atoms with Gasteiger partial charge in [-0.15, -0.1) is 0 Å². The molecule has 0 aliphatic rings. The van der Waals surface area contributed by atoms with Crippen LogP contribution in [0.4, 0.5) is 5.69 Å². The Morgan fingerprint density at radius 1 is 0.893 bits per heavy atom. The highest BCUT2D eigenvalue weighted by Gasteiger charge is 2.15. The molecule has 0 bridgehead atoms. The second-order valence-corrected chi connectivity index (χ2v) is 6.89. The summed E-state index contributed by atoms with van der Waals surface area (Å²) in [5.41, 5.74) is 2.54. The molecule has 0 aliphatic carbocycles. The predicted octanol–water partition coefficient (Wildman–Crippen LogP) is 5.19. The lowest BCUT2D eigenvalue weighted by atomic mass is 10.1. The van der Waals surface area contributed by atoms with Crippen LogP contribution in [-0.4, -0.2) is 23.9 Å². The Morgan fingerprint density at radius 2 is 1.46 bits per heavy atom. The number of carbonyl (C=O) groups is 2. The van der Waals surface area contributed by atoms with E-state index in [0.717, 1.165) is 5.56 Å². The van der Waals surface area contributed by atoms with Gasteiger partial charge in [-0.1, -0.05) is 40.9 Å². The first kappa shape index (κ1) is 19.9. The molecule has 0 fully saturated rings. The van der Waals surface area contributed by atoms with Crippen LogP contribution in [0, 0.1) is 6.92 Å². The van der Waals surface area contributed by atoms with Crippen LogP contribution in [0.5, 0.6) is 5.75 Å². The molecular weight excluding hydrogens is 399 g/mol. The maximum atomic E-state index is 12.6. The number of amides is 1. The van der Waals surface area contributed by atoms with Crippen LogP contribution in [0.1, 0.15) is 26.3 Å². The van der Waals surface area contributed by atoms with Gasteiger partial charge in [-0.25, -0.2) is 9.78 Å². The first-order valence-electron chi connectivity index (χ1n) is 8.33. The minimum absolute atomic E-state index is 0.103. The van der Waals surface area contributed by atoms with E-state index in [1.807, 2.05) is 19.1 Å². The molecule has 0 unspecified atom stereocenters. The van der Waals surface area contributed by atoms with E-state index in [-0.39, 0.29) is 21.8 Å². The van der Waals surface area contributed by atoms with Gasteiger partial charge in [0.2, 0.25) is 0 Å². The first-order valence-corrected chi connectivity index (χ1v) is 9.09. The molecule has 28 heavy (non-hydrogen) atoms. The van der Waals surface area contributed by atoms with E-state index in [4.69, 9.17) is 27.9 Å². The Hall–Kier alpha value is -2.89. The van der Waals surface area contributed by atoms with Crippen molar-refractivity contribution in [2.24, 2.45) is 0 Å². The van der Waals surface area contributed by atoms with Crippen molar-refractivity contribution in [3.8, 4) is 5.75 Å². The maximum absolute atomic E-state index is 12.6. The van der Waals surface area contributed by atoms with Crippen LogP contribution in [0.2, 0.25) is 10.3 Å². The summed E-state index contributed by atoms with van der Waals surface area (Å²) in [6.07, 6.45) is 0. The number of carbonyl (C=O) groups excluding carboxylic acids is 2. The third-order valence-electron chi connectivity index (χ3n) is 4.04. The number of nitrogens with zero attached hydrogens (tertiary/aromatic N) is 2. The second-order valence-electron chi connectivity index (χ2n) is 6.11. The Labute approximate surface area is 172 Å². The van der Waals surface area contributed by atoms with Crippen molar-refractivity contribution in [1.29, 1.82) is 0 Å². The number of esters is 1. The van der Waals surface area contributed by atoms with E-state index >= 15 is 0 Å². The monoisotopic (exact) mass is 414 g/mol. The molecule has 0 atom stereocenters. The fourth-order valence-corrected chi connectivity index (χ4v) is 2.95. The van der Waals surface area contributed by atoms with Gasteiger partial charge in [-0.3, -0.25) is 4.79 Å². The minimum atomic E-state index is -0.608. The summed E-state index contributed by atoms with van der Waals surface area (Å²) in [5, 5.41) is 0.206. The van der Waals surface area contributed by atoms with E-state index in [0.29, 0.717) is 17.0 Å². The third-order valence-corrected chi connectivity index (χ3v) is 4.42. The topological polar surface area (TPSA) is 59.5 Å². The second kappa shape index (κ2) is 8.42. The van der Waals surface area contributed by atoms with E-state index in [9.17, 15) is 9.59 Å². The number of ether oxygens (including phenoxy) is 1. The van der Waals surface area contributed by atoms with Gasteiger partial charge in [0.25, 0.3) is 5.91 Å². The summed E-state index contributed by atoms with van der Waals surface area (Å²) in [5.74, 6) is -0.414. The highest BCUT2D eigenvalue weighted by Crippen LogP contribution is 2.22. The van der Waals surface area contributed by atoms with E-state index < -0.39 is 5.97 Å². The molecule has 1 amide bonds. The molecule has 1 heterocycles. The SMILES string of the molecule is Cc1ccc(C(=O)N(C)c2ccc(OC(=O)c3cc(Cl)nc(Cl)c3)cc2)cc1. The largest absolute Gasteiger partial charge is 0.423 e. The van der Waals surface area contributed by atoms with Gasteiger partial charge in [0, 0.05) is 18.3 Å². The molecule has 0 spiro atoms. The zero-order valence-corrected chi connectivity index (χ0v) is 16.7. The molecule has 7 heteroatoms. The van der Waals surface area contributed by atoms with Gasteiger partial charge in [-0.2, -0.15) is 0 Å². The highest BCUT2D eigenvalue weighted by atomic mass is 35.5. The quantitative estimate of drug-likeness (QED) is 0.334. The molecule has 0 aliphatic heterocycles. The lowest BCUT2D eigenvalue weighted by Crippen LogP contribution is -2.26. The zero-order valence-electron chi connectivity index (χ0n) is 15.1. The van der Waals surface area contributed by atoms with E-state index in [2.05, 4.69) is 4.98 Å². The Bertz CT molecular complexity index is 999. The number of benzene rings is 2. The number of hydrogen-bond donors (Lipinski definition) is 0. The first-order chi connectivity index (χ1) is 13.3. The Kier molecular flexibility index (Phi) is 5.97. The molecule has 142 valence electrons. The zero-order chi connectivity index (χ0) is 20.3. The van der Waals surface area contributed by atoms with Crippen molar-refractivity contribution in [2.75, 3.05) is 11.9 Å². The van der Waals surface area contributed by atoms with Gasteiger partial charge in [0.15, 0.2) is 0 Å². The minimum Gasteiger partial charge on any atom is -0.423 e. The fourth-order valence-electron chi connectivity index (χ4n) is 2.49. The molecule has 0 N–H and O–H groups in total. The van der Waals surface area contributed by atoms with E-state index in [1.165, 1.54) is 17.0 Å². The van der Waals surface area contributed by atoms with Crippen LogP contribution >= 0.6 is 23.2 Å².